The van der Waals surface area contributed by atoms with Crippen molar-refractivity contribution in [2.24, 2.45) is 0 Å². The molecule has 0 saturated carbocycles. The van der Waals surface area contributed by atoms with Gasteiger partial charge in [-0.05, 0) is 113 Å². The Hall–Kier alpha value is -4.47. The second-order valence-corrected chi connectivity index (χ2v) is 15.5. The number of para-hydroxylation sites is 1. The molecular formula is C44H55FN2O6. The molecule has 1 N–H and O–H groups in total. The van der Waals surface area contributed by atoms with Gasteiger partial charge >= 0.3 is 5.97 Å². The average Bonchev–Trinajstić information content (AvgIpc) is 3.42. The smallest absolute Gasteiger partial charge is 0.308 e. The molecule has 0 bridgehead atoms. The number of amides is 1. The number of halogens is 1. The predicted octanol–water partition coefficient (Wildman–Crippen LogP) is 10.5. The van der Waals surface area contributed by atoms with E-state index >= 15 is 0 Å². The molecule has 0 aliphatic carbocycles. The molecule has 284 valence electrons. The Bertz CT molecular complexity index is 1820. The quantitative estimate of drug-likeness (QED) is 0.103. The summed E-state index contributed by atoms with van der Waals surface area (Å²) in [7, 11) is 0. The number of nitrogens with zero attached hydrogens (tertiary/aromatic N) is 1. The molecule has 0 radical (unpaired) electrons. The van der Waals surface area contributed by atoms with Crippen LogP contribution in [0.2, 0.25) is 0 Å². The van der Waals surface area contributed by atoms with E-state index in [4.69, 9.17) is 18.9 Å². The number of ether oxygens (including phenoxy) is 4. The van der Waals surface area contributed by atoms with E-state index in [9.17, 15) is 14.0 Å². The minimum atomic E-state index is -0.917. The Morgan fingerprint density at radius 2 is 1.58 bits per heavy atom. The Kier molecular flexibility index (Phi) is 12.8. The largest absolute Gasteiger partial charge is 0.494 e. The van der Waals surface area contributed by atoms with Gasteiger partial charge in [0.25, 0.3) is 5.91 Å². The Labute approximate surface area is 314 Å². The standard InChI is InChI=1S/C44H55FN2O6/c1-9-10-26-50-34-22-18-30(19-23-34)38-39(42(49)46-33-14-12-11-13-15-33)40(29(2)3)47(41(38)31-16-20-32(45)21-17-31)25-24-35-27-36(52-44(7,8)51-35)28-37(48)53-43(4,5)6/h11-23,29,35-36H,9-10,24-28H2,1-8H3,(H,46,49)/t35-,36-/m1/s1. The Balaban J connectivity index is 1.61. The Morgan fingerprint density at radius 3 is 2.21 bits per heavy atom. The van der Waals surface area contributed by atoms with Crippen LogP contribution in [0.5, 0.6) is 5.75 Å². The maximum absolute atomic E-state index is 14.6. The van der Waals surface area contributed by atoms with Gasteiger partial charge in [-0.15, -0.1) is 0 Å². The normalized spacial score (nSPS) is 17.1. The van der Waals surface area contributed by atoms with Crippen molar-refractivity contribution in [3.63, 3.8) is 0 Å². The van der Waals surface area contributed by atoms with Gasteiger partial charge in [0.1, 0.15) is 17.2 Å². The first kappa shape index (κ1) is 39.7. The van der Waals surface area contributed by atoms with Crippen LogP contribution >= 0.6 is 0 Å². The molecule has 5 rings (SSSR count). The van der Waals surface area contributed by atoms with Crippen LogP contribution in [0.15, 0.2) is 78.9 Å². The highest BCUT2D eigenvalue weighted by atomic mass is 19.1. The highest BCUT2D eigenvalue weighted by Gasteiger charge is 2.38. The van der Waals surface area contributed by atoms with Gasteiger partial charge in [0.2, 0.25) is 0 Å². The number of benzene rings is 3. The number of carbonyl (C=O) groups excluding carboxylic acids is 2. The van der Waals surface area contributed by atoms with E-state index in [1.807, 2.05) is 89.2 Å². The minimum absolute atomic E-state index is 0.0666. The van der Waals surface area contributed by atoms with E-state index in [-0.39, 0.29) is 42.2 Å². The molecule has 53 heavy (non-hydrogen) atoms. The lowest BCUT2D eigenvalue weighted by atomic mass is 9.94. The van der Waals surface area contributed by atoms with Crippen LogP contribution in [0.25, 0.3) is 22.4 Å². The van der Waals surface area contributed by atoms with Gasteiger partial charge in [0.15, 0.2) is 5.79 Å². The first-order valence-corrected chi connectivity index (χ1v) is 18.8. The molecule has 0 unspecified atom stereocenters. The van der Waals surface area contributed by atoms with Crippen molar-refractivity contribution in [1.29, 1.82) is 0 Å². The lowest BCUT2D eigenvalue weighted by molar-refractivity contribution is -0.301. The molecule has 1 aliphatic heterocycles. The van der Waals surface area contributed by atoms with Crippen LogP contribution < -0.4 is 10.1 Å². The van der Waals surface area contributed by atoms with Crippen LogP contribution in [0.3, 0.4) is 0 Å². The highest BCUT2D eigenvalue weighted by Crippen LogP contribution is 2.43. The molecule has 1 fully saturated rings. The second kappa shape index (κ2) is 17.1. The fourth-order valence-corrected chi connectivity index (χ4v) is 7.02. The first-order chi connectivity index (χ1) is 25.1. The molecule has 4 aromatic rings. The monoisotopic (exact) mass is 726 g/mol. The number of carbonyl (C=O) groups is 2. The molecule has 2 atom stereocenters. The van der Waals surface area contributed by atoms with Crippen molar-refractivity contribution in [3.05, 3.63) is 95.9 Å². The zero-order chi connectivity index (χ0) is 38.3. The second-order valence-electron chi connectivity index (χ2n) is 15.5. The summed E-state index contributed by atoms with van der Waals surface area (Å²) in [6.45, 7) is 16.7. The molecule has 1 aliphatic rings. The molecule has 1 aromatic heterocycles. The van der Waals surface area contributed by atoms with E-state index in [1.54, 1.807) is 12.1 Å². The van der Waals surface area contributed by atoms with E-state index in [0.717, 1.165) is 46.7 Å². The fraction of sp³-hybridized carbons (Fsp3) is 0.455. The molecule has 2 heterocycles. The van der Waals surface area contributed by atoms with Crippen molar-refractivity contribution in [1.82, 2.24) is 4.57 Å². The number of hydrogen-bond donors (Lipinski definition) is 1. The predicted molar refractivity (Wildman–Crippen MR) is 208 cm³/mol. The summed E-state index contributed by atoms with van der Waals surface area (Å²) in [4.78, 5) is 27.4. The van der Waals surface area contributed by atoms with Crippen LogP contribution in [-0.4, -0.2) is 46.6 Å². The maximum Gasteiger partial charge on any atom is 0.308 e. The topological polar surface area (TPSA) is 88.0 Å². The summed E-state index contributed by atoms with van der Waals surface area (Å²) in [5.74, 6) is -1.12. The molecule has 8 nitrogen and oxygen atoms in total. The molecule has 0 spiro atoms. The molecule has 1 saturated heterocycles. The van der Waals surface area contributed by atoms with Crippen molar-refractivity contribution >= 4 is 17.6 Å². The summed E-state index contributed by atoms with van der Waals surface area (Å²) in [5, 5.41) is 3.14. The number of esters is 1. The highest BCUT2D eigenvalue weighted by molar-refractivity contribution is 6.12. The number of unbranched alkanes of at least 4 members (excludes halogenated alkanes) is 1. The van der Waals surface area contributed by atoms with E-state index in [1.165, 1.54) is 12.1 Å². The average molecular weight is 727 g/mol. The number of hydrogen-bond acceptors (Lipinski definition) is 6. The van der Waals surface area contributed by atoms with Gasteiger partial charge in [-0.3, -0.25) is 9.59 Å². The van der Waals surface area contributed by atoms with Crippen LogP contribution in [0.4, 0.5) is 10.1 Å². The third-order valence-electron chi connectivity index (χ3n) is 9.05. The van der Waals surface area contributed by atoms with Crippen molar-refractivity contribution < 1.29 is 32.9 Å². The van der Waals surface area contributed by atoms with Crippen LogP contribution in [0, 0.1) is 5.82 Å². The van der Waals surface area contributed by atoms with Gasteiger partial charge in [0, 0.05) is 29.9 Å². The third kappa shape index (κ3) is 10.6. The molecule has 1 amide bonds. The maximum atomic E-state index is 14.6. The summed E-state index contributed by atoms with van der Waals surface area (Å²) in [5.41, 5.74) is 4.68. The summed E-state index contributed by atoms with van der Waals surface area (Å²) >= 11 is 0. The van der Waals surface area contributed by atoms with E-state index in [2.05, 4.69) is 30.7 Å². The SMILES string of the molecule is CCCCOc1ccc(-c2c(C(=O)Nc3ccccc3)c(C(C)C)n(CC[C@@H]3C[C@H](CC(=O)OC(C)(C)C)OC(C)(C)O3)c2-c2ccc(F)cc2)cc1. The number of rotatable bonds is 14. The lowest BCUT2D eigenvalue weighted by Crippen LogP contribution is -2.46. The van der Waals surface area contributed by atoms with Gasteiger partial charge < -0.3 is 28.8 Å². The summed E-state index contributed by atoms with van der Waals surface area (Å²) < 4.78 is 40.8. The van der Waals surface area contributed by atoms with Crippen molar-refractivity contribution in [2.45, 2.75) is 124 Å². The van der Waals surface area contributed by atoms with Gasteiger partial charge in [0.05, 0.1) is 36.5 Å². The number of nitrogens with one attached hydrogen (secondary N) is 1. The van der Waals surface area contributed by atoms with Crippen molar-refractivity contribution in [2.75, 3.05) is 11.9 Å². The lowest BCUT2D eigenvalue weighted by Gasteiger charge is -2.41. The van der Waals surface area contributed by atoms with Gasteiger partial charge in [-0.1, -0.05) is 57.5 Å². The summed E-state index contributed by atoms with van der Waals surface area (Å²) in [6.07, 6.45) is 2.55. The fourth-order valence-electron chi connectivity index (χ4n) is 7.02. The zero-order valence-electron chi connectivity index (χ0n) is 32.5. The van der Waals surface area contributed by atoms with E-state index in [0.29, 0.717) is 37.2 Å². The number of anilines is 1. The number of aromatic nitrogens is 1. The van der Waals surface area contributed by atoms with Gasteiger partial charge in [-0.25, -0.2) is 4.39 Å². The minimum Gasteiger partial charge on any atom is -0.494 e. The Morgan fingerprint density at radius 1 is 0.943 bits per heavy atom. The van der Waals surface area contributed by atoms with Crippen LogP contribution in [0.1, 0.15) is 109 Å². The third-order valence-corrected chi connectivity index (χ3v) is 9.05. The van der Waals surface area contributed by atoms with Crippen LogP contribution in [-0.2, 0) is 25.5 Å². The molecule has 3 aromatic carbocycles. The first-order valence-electron chi connectivity index (χ1n) is 18.8. The van der Waals surface area contributed by atoms with Crippen molar-refractivity contribution in [3.8, 4) is 28.1 Å². The van der Waals surface area contributed by atoms with Gasteiger partial charge in [-0.2, -0.15) is 0 Å². The summed E-state index contributed by atoms with van der Waals surface area (Å²) in [6, 6.07) is 23.7. The molecule has 9 heteroatoms. The zero-order valence-corrected chi connectivity index (χ0v) is 32.5. The van der Waals surface area contributed by atoms with E-state index < -0.39 is 11.4 Å². The molecular weight excluding hydrogens is 671 g/mol.